The zero-order valence-corrected chi connectivity index (χ0v) is 32.2. The van der Waals surface area contributed by atoms with Crippen molar-refractivity contribution in [1.82, 2.24) is 5.06 Å². The lowest BCUT2D eigenvalue weighted by Crippen LogP contribution is -2.55. The Labute approximate surface area is 309 Å². The first kappa shape index (κ1) is 43.9. The summed E-state index contributed by atoms with van der Waals surface area (Å²) >= 11 is 0. The zero-order valence-electron chi connectivity index (χ0n) is 31.2. The third kappa shape index (κ3) is 9.97. The van der Waals surface area contributed by atoms with Crippen molar-refractivity contribution in [2.24, 2.45) is 5.92 Å². The number of hydrogen-bond donors (Lipinski definition) is 0. The van der Waals surface area contributed by atoms with E-state index in [4.69, 9.17) is 14.0 Å². The highest BCUT2D eigenvalue weighted by molar-refractivity contribution is 6.76. The van der Waals surface area contributed by atoms with Crippen LogP contribution in [0.2, 0.25) is 17.1 Å². The molecular formula is C40H50F7NO4Si. The molecule has 2 atom stereocenters. The summed E-state index contributed by atoms with van der Waals surface area (Å²) in [6.45, 7) is 8.55. The first-order valence-corrected chi connectivity index (χ1v) is 19.8. The van der Waals surface area contributed by atoms with Crippen molar-refractivity contribution in [2.45, 2.75) is 94.3 Å². The van der Waals surface area contributed by atoms with Crippen molar-refractivity contribution in [3.8, 4) is 0 Å². The Hall–Kier alpha value is -3.52. The molecule has 13 heteroatoms. The monoisotopic (exact) mass is 769 g/mol. The molecule has 5 nitrogen and oxygen atoms in total. The highest BCUT2D eigenvalue weighted by atomic mass is 28.4. The number of nitrogens with zero attached hydrogens (tertiary/aromatic N) is 1. The van der Waals surface area contributed by atoms with Crippen molar-refractivity contribution in [1.29, 1.82) is 0 Å². The van der Waals surface area contributed by atoms with Gasteiger partial charge in [0.2, 0.25) is 5.91 Å². The van der Waals surface area contributed by atoms with Gasteiger partial charge in [-0.3, -0.25) is 9.63 Å². The second kappa shape index (κ2) is 18.2. The highest BCUT2D eigenvalue weighted by Crippen LogP contribution is 2.51. The Kier molecular flexibility index (Phi) is 15.1. The minimum Gasteiger partial charge on any atom is -0.412 e. The van der Waals surface area contributed by atoms with E-state index in [9.17, 15) is 35.5 Å². The first-order valence-electron chi connectivity index (χ1n) is 17.5. The predicted octanol–water partition coefficient (Wildman–Crippen LogP) is 11.0. The maximum absolute atomic E-state index is 14.7. The van der Waals surface area contributed by atoms with Crippen LogP contribution in [0.4, 0.5) is 30.7 Å². The van der Waals surface area contributed by atoms with Gasteiger partial charge in [-0.15, -0.1) is 0 Å². The molecule has 0 fully saturated rings. The first-order chi connectivity index (χ1) is 24.8. The standard InChI is InChI=1S/C40H50F7NO4Si/c1-29(2)53(30(3)4,27-25-37(41,42)39(43,44)40(45,46)47)52-35(28-36(49)48(6)50-7)31(5)18-17-26-51-38(32-19-11-8-12-20-32,33-21-13-9-14-22-33)34-23-15-10-16-24-34/h8-24,29-31,35H,25-28H2,1-7H3/b18-17+/t31-,35+/m1/s1. The van der Waals surface area contributed by atoms with Crippen molar-refractivity contribution in [3.63, 3.8) is 0 Å². The molecule has 0 bridgehead atoms. The molecule has 292 valence electrons. The summed E-state index contributed by atoms with van der Waals surface area (Å²) in [4.78, 5) is 18.2. The molecule has 0 spiro atoms. The number of carbonyl (C=O) groups is 1. The molecule has 0 radical (unpaired) electrons. The van der Waals surface area contributed by atoms with Crippen molar-refractivity contribution < 1.29 is 49.5 Å². The summed E-state index contributed by atoms with van der Waals surface area (Å²) in [6.07, 6.45) is -5.88. The van der Waals surface area contributed by atoms with E-state index in [1.807, 2.05) is 91.0 Å². The van der Waals surface area contributed by atoms with E-state index in [0.29, 0.717) is 0 Å². The van der Waals surface area contributed by atoms with Crippen LogP contribution in [0.1, 0.15) is 64.2 Å². The molecule has 3 aromatic carbocycles. The van der Waals surface area contributed by atoms with Crippen LogP contribution < -0.4 is 0 Å². The van der Waals surface area contributed by atoms with Gasteiger partial charge in [0.25, 0.3) is 0 Å². The van der Waals surface area contributed by atoms with Gasteiger partial charge >= 0.3 is 18.0 Å². The van der Waals surface area contributed by atoms with Gasteiger partial charge in [-0.05, 0) is 39.7 Å². The molecule has 3 aromatic rings. The van der Waals surface area contributed by atoms with E-state index in [-0.39, 0.29) is 13.0 Å². The van der Waals surface area contributed by atoms with Gasteiger partial charge in [-0.1, -0.05) is 138 Å². The fourth-order valence-corrected chi connectivity index (χ4v) is 11.4. The van der Waals surface area contributed by atoms with Gasteiger partial charge in [0.1, 0.15) is 5.60 Å². The summed E-state index contributed by atoms with van der Waals surface area (Å²) in [5, 5.41) is 0.982. The lowest BCUT2D eigenvalue weighted by Gasteiger charge is -2.44. The smallest absolute Gasteiger partial charge is 0.412 e. The maximum Gasteiger partial charge on any atom is 0.459 e. The van der Waals surface area contributed by atoms with Crippen LogP contribution in [-0.4, -0.2) is 64.2 Å². The number of alkyl halides is 7. The Bertz CT molecular complexity index is 1480. The third-order valence-corrected chi connectivity index (χ3v) is 15.6. The average molecular weight is 770 g/mol. The van der Waals surface area contributed by atoms with Gasteiger partial charge in [0.05, 0.1) is 26.2 Å². The quantitative estimate of drug-likeness (QED) is 0.0401. The lowest BCUT2D eigenvalue weighted by molar-refractivity contribution is -0.354. The molecule has 0 saturated carbocycles. The molecule has 0 aliphatic heterocycles. The Balaban J connectivity index is 2.00. The van der Waals surface area contributed by atoms with E-state index in [2.05, 4.69) is 0 Å². The SMILES string of the molecule is CON(C)C(=O)C[C@H](O[Si](CCC(F)(F)C(F)(F)C(F)(F)F)(C(C)C)C(C)C)[C@H](C)/C=C/COC(c1ccccc1)(c1ccccc1)c1ccccc1. The summed E-state index contributed by atoms with van der Waals surface area (Å²) in [5.74, 6) is -12.7. The Morgan fingerprint density at radius 1 is 0.755 bits per heavy atom. The molecule has 1 amide bonds. The zero-order chi connectivity index (χ0) is 39.7. The van der Waals surface area contributed by atoms with Crippen molar-refractivity contribution in [3.05, 3.63) is 120 Å². The van der Waals surface area contributed by atoms with Crippen LogP contribution in [0.25, 0.3) is 0 Å². The van der Waals surface area contributed by atoms with Crippen LogP contribution in [-0.2, 0) is 24.4 Å². The number of ether oxygens (including phenoxy) is 1. The fourth-order valence-electron chi connectivity index (χ4n) is 6.65. The van der Waals surface area contributed by atoms with E-state index in [0.717, 1.165) is 21.8 Å². The molecule has 0 aliphatic rings. The number of benzene rings is 3. The van der Waals surface area contributed by atoms with Crippen LogP contribution in [0, 0.1) is 5.92 Å². The molecule has 53 heavy (non-hydrogen) atoms. The third-order valence-electron chi connectivity index (χ3n) is 9.93. The second-order valence-electron chi connectivity index (χ2n) is 13.9. The molecule has 0 unspecified atom stereocenters. The minimum absolute atomic E-state index is 0.0807. The highest BCUT2D eigenvalue weighted by Gasteiger charge is 2.72. The van der Waals surface area contributed by atoms with Gasteiger partial charge < -0.3 is 9.16 Å². The van der Waals surface area contributed by atoms with Crippen LogP contribution in [0.5, 0.6) is 0 Å². The van der Waals surface area contributed by atoms with Crippen LogP contribution >= 0.6 is 0 Å². The largest absolute Gasteiger partial charge is 0.459 e. The van der Waals surface area contributed by atoms with E-state index < -0.39 is 73.4 Å². The van der Waals surface area contributed by atoms with Crippen molar-refractivity contribution in [2.75, 3.05) is 20.8 Å². The summed E-state index contributed by atoms with van der Waals surface area (Å²) in [7, 11) is -0.926. The van der Waals surface area contributed by atoms with Gasteiger partial charge in [-0.2, -0.15) is 30.7 Å². The average Bonchev–Trinajstić information content (AvgIpc) is 3.12. The van der Waals surface area contributed by atoms with E-state index >= 15 is 0 Å². The van der Waals surface area contributed by atoms with Crippen LogP contribution in [0.15, 0.2) is 103 Å². The molecule has 0 N–H and O–H groups in total. The number of rotatable bonds is 19. The van der Waals surface area contributed by atoms with E-state index in [1.165, 1.54) is 14.2 Å². The second-order valence-corrected chi connectivity index (χ2v) is 18.8. The number of halogens is 7. The normalized spacial score (nSPS) is 14.6. The van der Waals surface area contributed by atoms with Gasteiger partial charge in [0.15, 0.2) is 8.32 Å². The number of amides is 1. The minimum atomic E-state index is -6.43. The van der Waals surface area contributed by atoms with Gasteiger partial charge in [0, 0.05) is 13.5 Å². The lowest BCUT2D eigenvalue weighted by atomic mass is 9.80. The molecular weight excluding hydrogens is 720 g/mol. The van der Waals surface area contributed by atoms with Crippen molar-refractivity contribution >= 4 is 14.2 Å². The topological polar surface area (TPSA) is 48.0 Å². The number of carbonyl (C=O) groups excluding carboxylic acids is 1. The summed E-state index contributed by atoms with van der Waals surface area (Å²) in [6, 6.07) is 28.4. The molecule has 0 heterocycles. The molecule has 3 rings (SSSR count). The maximum atomic E-state index is 14.7. The van der Waals surface area contributed by atoms with E-state index in [1.54, 1.807) is 46.8 Å². The Morgan fingerprint density at radius 3 is 1.57 bits per heavy atom. The summed E-state index contributed by atoms with van der Waals surface area (Å²) in [5.41, 5.74) is 0.643. The molecule has 0 aromatic heterocycles. The van der Waals surface area contributed by atoms with Crippen LogP contribution in [0.3, 0.4) is 0 Å². The number of hydrogen-bond acceptors (Lipinski definition) is 4. The molecule has 0 aliphatic carbocycles. The molecule has 0 saturated heterocycles. The Morgan fingerprint density at radius 2 is 1.19 bits per heavy atom. The predicted molar refractivity (Wildman–Crippen MR) is 194 cm³/mol. The fraction of sp³-hybridized carbons (Fsp3) is 0.475. The summed E-state index contributed by atoms with van der Waals surface area (Å²) < 4.78 is 110. The van der Waals surface area contributed by atoms with Gasteiger partial charge in [-0.25, -0.2) is 5.06 Å². The number of hydroxylamine groups is 2.